The highest BCUT2D eigenvalue weighted by molar-refractivity contribution is 5.76. The van der Waals surface area contributed by atoms with E-state index in [9.17, 15) is 9.59 Å². The van der Waals surface area contributed by atoms with Crippen LogP contribution in [-0.4, -0.2) is 39.6 Å². The van der Waals surface area contributed by atoms with E-state index in [1.165, 1.54) is 0 Å². The number of hydrogen-bond acceptors (Lipinski definition) is 3. The number of carboxylic acid groups (broad SMARTS) is 1. The Labute approximate surface area is 117 Å². The first-order chi connectivity index (χ1) is 9.58. The Bertz CT molecular complexity index is 500. The third-order valence-corrected chi connectivity index (χ3v) is 3.39. The van der Waals surface area contributed by atoms with Gasteiger partial charge < -0.3 is 15.3 Å². The van der Waals surface area contributed by atoms with Gasteiger partial charge >= 0.3 is 12.0 Å². The van der Waals surface area contributed by atoms with Gasteiger partial charge in [0.05, 0.1) is 6.42 Å². The minimum atomic E-state index is -0.883. The van der Waals surface area contributed by atoms with Crippen LogP contribution in [0, 0.1) is 6.92 Å². The maximum absolute atomic E-state index is 12.1. The molecule has 1 aliphatic rings. The van der Waals surface area contributed by atoms with Gasteiger partial charge in [-0.1, -0.05) is 0 Å². The second-order valence-electron chi connectivity index (χ2n) is 5.03. The molecule has 6 nitrogen and oxygen atoms in total. The van der Waals surface area contributed by atoms with E-state index in [1.54, 1.807) is 17.3 Å². The third kappa shape index (κ3) is 3.94. The van der Waals surface area contributed by atoms with Crippen molar-refractivity contribution in [2.45, 2.75) is 38.8 Å². The summed E-state index contributed by atoms with van der Waals surface area (Å²) >= 11 is 0. The van der Waals surface area contributed by atoms with Crippen LogP contribution in [0.4, 0.5) is 4.79 Å². The van der Waals surface area contributed by atoms with Gasteiger partial charge in [0.25, 0.3) is 0 Å². The zero-order valence-electron chi connectivity index (χ0n) is 11.5. The van der Waals surface area contributed by atoms with E-state index in [1.807, 2.05) is 13.0 Å². The monoisotopic (exact) mass is 277 g/mol. The Balaban J connectivity index is 1.88. The lowest BCUT2D eigenvalue weighted by atomic mass is 10.2. The molecule has 2 N–H and O–H groups in total. The van der Waals surface area contributed by atoms with Crippen LogP contribution in [0.3, 0.4) is 0 Å². The Morgan fingerprint density at radius 2 is 2.25 bits per heavy atom. The summed E-state index contributed by atoms with van der Waals surface area (Å²) in [5, 5.41) is 11.6. The molecule has 1 heterocycles. The molecular formula is C14H19N3O3. The lowest BCUT2D eigenvalue weighted by molar-refractivity contribution is -0.137. The quantitative estimate of drug-likeness (QED) is 0.826. The highest BCUT2D eigenvalue weighted by Crippen LogP contribution is 2.27. The van der Waals surface area contributed by atoms with Crippen molar-refractivity contribution in [1.82, 2.24) is 15.2 Å². The number of rotatable bonds is 6. The van der Waals surface area contributed by atoms with Crippen LogP contribution in [0.5, 0.6) is 0 Å². The summed E-state index contributed by atoms with van der Waals surface area (Å²) in [5.74, 6) is -0.883. The molecule has 6 heteroatoms. The second kappa shape index (κ2) is 6.36. The molecule has 0 radical (unpaired) electrons. The molecule has 1 aromatic heterocycles. The van der Waals surface area contributed by atoms with Crippen molar-refractivity contribution in [2.24, 2.45) is 0 Å². The fraction of sp³-hybridized carbons (Fsp3) is 0.500. The van der Waals surface area contributed by atoms with Gasteiger partial charge in [-0.05, 0) is 37.0 Å². The van der Waals surface area contributed by atoms with Gasteiger partial charge in [0.1, 0.15) is 0 Å². The van der Waals surface area contributed by atoms with Crippen LogP contribution in [0.25, 0.3) is 0 Å². The molecule has 1 aliphatic carbocycles. The smallest absolute Gasteiger partial charge is 0.317 e. The number of aryl methyl sites for hydroxylation is 1. The minimum Gasteiger partial charge on any atom is -0.481 e. The number of hydrogen-bond donors (Lipinski definition) is 2. The SMILES string of the molecule is Cc1ccncc1CNC(=O)N(CCC(=O)O)C1CC1. The Hall–Kier alpha value is -2.11. The summed E-state index contributed by atoms with van der Waals surface area (Å²) in [4.78, 5) is 28.4. The average Bonchev–Trinajstić information content (AvgIpc) is 3.22. The van der Waals surface area contributed by atoms with E-state index in [2.05, 4.69) is 10.3 Å². The van der Waals surface area contributed by atoms with E-state index >= 15 is 0 Å². The van der Waals surface area contributed by atoms with Crippen LogP contribution in [0.2, 0.25) is 0 Å². The van der Waals surface area contributed by atoms with Crippen molar-refractivity contribution < 1.29 is 14.7 Å². The number of nitrogens with zero attached hydrogens (tertiary/aromatic N) is 2. The third-order valence-electron chi connectivity index (χ3n) is 3.39. The van der Waals surface area contributed by atoms with Crippen LogP contribution in [-0.2, 0) is 11.3 Å². The van der Waals surface area contributed by atoms with Gasteiger partial charge in [-0.25, -0.2) is 4.79 Å². The molecule has 2 rings (SSSR count). The molecule has 108 valence electrons. The highest BCUT2D eigenvalue weighted by atomic mass is 16.4. The number of carbonyl (C=O) groups is 2. The zero-order valence-corrected chi connectivity index (χ0v) is 11.5. The van der Waals surface area contributed by atoms with Crippen LogP contribution < -0.4 is 5.32 Å². The molecule has 1 fully saturated rings. The molecule has 20 heavy (non-hydrogen) atoms. The van der Waals surface area contributed by atoms with E-state index in [4.69, 9.17) is 5.11 Å². The van der Waals surface area contributed by atoms with Crippen LogP contribution in [0.1, 0.15) is 30.4 Å². The molecule has 0 aliphatic heterocycles. The van der Waals surface area contributed by atoms with Crippen molar-refractivity contribution in [3.63, 3.8) is 0 Å². The standard InChI is InChI=1S/C14H19N3O3/c1-10-4-6-15-8-11(10)9-16-14(20)17(12-2-3-12)7-5-13(18)19/h4,6,8,12H,2-3,5,7,9H2,1H3,(H,16,20)(H,18,19). The Morgan fingerprint density at radius 3 is 2.85 bits per heavy atom. The molecule has 0 bridgehead atoms. The van der Waals surface area contributed by atoms with Crippen molar-refractivity contribution >= 4 is 12.0 Å². The van der Waals surface area contributed by atoms with Crippen molar-refractivity contribution in [1.29, 1.82) is 0 Å². The number of amides is 2. The Morgan fingerprint density at radius 1 is 1.50 bits per heavy atom. The molecule has 1 aromatic rings. The second-order valence-corrected chi connectivity index (χ2v) is 5.03. The maximum Gasteiger partial charge on any atom is 0.317 e. The molecule has 0 unspecified atom stereocenters. The van der Waals surface area contributed by atoms with E-state index in [0.717, 1.165) is 24.0 Å². The largest absolute Gasteiger partial charge is 0.481 e. The van der Waals surface area contributed by atoms with Gasteiger partial charge in [-0.3, -0.25) is 9.78 Å². The fourth-order valence-electron chi connectivity index (χ4n) is 2.01. The molecule has 2 amide bonds. The predicted molar refractivity (Wildman–Crippen MR) is 73.2 cm³/mol. The molecule has 0 atom stereocenters. The van der Waals surface area contributed by atoms with Crippen molar-refractivity contribution in [3.8, 4) is 0 Å². The summed E-state index contributed by atoms with van der Waals surface area (Å²) in [6.07, 6.45) is 5.34. The summed E-state index contributed by atoms with van der Waals surface area (Å²) in [5.41, 5.74) is 2.04. The molecule has 0 spiro atoms. The summed E-state index contributed by atoms with van der Waals surface area (Å²) in [7, 11) is 0. The number of aromatic nitrogens is 1. The fourth-order valence-corrected chi connectivity index (χ4v) is 2.01. The van der Waals surface area contributed by atoms with Crippen molar-refractivity contribution in [2.75, 3.05) is 6.54 Å². The lowest BCUT2D eigenvalue weighted by Crippen LogP contribution is -2.42. The van der Waals surface area contributed by atoms with Gasteiger partial charge in [-0.15, -0.1) is 0 Å². The van der Waals surface area contributed by atoms with Gasteiger partial charge in [-0.2, -0.15) is 0 Å². The van der Waals surface area contributed by atoms with E-state index in [0.29, 0.717) is 6.54 Å². The molecule has 0 saturated heterocycles. The van der Waals surface area contributed by atoms with Gasteiger partial charge in [0.15, 0.2) is 0 Å². The lowest BCUT2D eigenvalue weighted by Gasteiger charge is -2.22. The molecule has 0 aromatic carbocycles. The first-order valence-electron chi connectivity index (χ1n) is 6.73. The number of carboxylic acids is 1. The average molecular weight is 277 g/mol. The minimum absolute atomic E-state index is 0.0180. The molecular weight excluding hydrogens is 258 g/mol. The number of nitrogens with one attached hydrogen (secondary N) is 1. The van der Waals surface area contributed by atoms with Gasteiger partial charge in [0.2, 0.25) is 0 Å². The first kappa shape index (κ1) is 14.3. The maximum atomic E-state index is 12.1. The van der Waals surface area contributed by atoms with Crippen LogP contribution >= 0.6 is 0 Å². The number of pyridine rings is 1. The highest BCUT2D eigenvalue weighted by Gasteiger charge is 2.32. The summed E-state index contributed by atoms with van der Waals surface area (Å²) < 4.78 is 0. The zero-order chi connectivity index (χ0) is 14.5. The predicted octanol–water partition coefficient (Wildman–Crippen LogP) is 1.54. The number of aliphatic carboxylic acids is 1. The van der Waals surface area contributed by atoms with E-state index in [-0.39, 0.29) is 25.0 Å². The number of urea groups is 1. The van der Waals surface area contributed by atoms with E-state index < -0.39 is 5.97 Å². The topological polar surface area (TPSA) is 82.5 Å². The summed E-state index contributed by atoms with van der Waals surface area (Å²) in [6.45, 7) is 2.64. The van der Waals surface area contributed by atoms with Crippen molar-refractivity contribution in [3.05, 3.63) is 29.6 Å². The van der Waals surface area contributed by atoms with Gasteiger partial charge in [0, 0.05) is 31.5 Å². The normalized spacial score (nSPS) is 13.8. The Kier molecular flexibility index (Phi) is 4.55. The number of carbonyl (C=O) groups excluding carboxylic acids is 1. The first-order valence-corrected chi connectivity index (χ1v) is 6.73. The summed E-state index contributed by atoms with van der Waals surface area (Å²) in [6, 6.07) is 1.89. The van der Waals surface area contributed by atoms with Crippen LogP contribution in [0.15, 0.2) is 18.5 Å². The molecule has 1 saturated carbocycles.